The third kappa shape index (κ3) is 4.77. The Morgan fingerprint density at radius 2 is 2.00 bits per heavy atom. The van der Waals surface area contributed by atoms with Gasteiger partial charge in [-0.05, 0) is 43.2 Å². The first-order chi connectivity index (χ1) is 14.9. The van der Waals surface area contributed by atoms with E-state index in [9.17, 15) is 13.6 Å². The van der Waals surface area contributed by atoms with Crippen molar-refractivity contribution in [3.05, 3.63) is 29.5 Å². The monoisotopic (exact) mass is 433 g/mol. The largest absolute Gasteiger partial charge is 0.476 e. The number of nitrogens with one attached hydrogen (secondary N) is 1. The number of aryl methyl sites for hydroxylation is 1. The van der Waals surface area contributed by atoms with Crippen molar-refractivity contribution in [2.75, 3.05) is 24.6 Å². The molecule has 31 heavy (non-hydrogen) atoms. The molecule has 2 saturated carbocycles. The molecule has 1 aliphatic heterocycles. The van der Waals surface area contributed by atoms with Crippen LogP contribution in [0.2, 0.25) is 0 Å². The first kappa shape index (κ1) is 20.1. The third-order valence-corrected chi connectivity index (χ3v) is 5.84. The maximum Gasteiger partial charge on any atom is 0.282 e. The summed E-state index contributed by atoms with van der Waals surface area (Å²) in [5.41, 5.74) is 0.661. The Morgan fingerprint density at radius 3 is 2.61 bits per heavy atom. The predicted molar refractivity (Wildman–Crippen MR) is 106 cm³/mol. The van der Waals surface area contributed by atoms with Gasteiger partial charge in [-0.2, -0.15) is 4.98 Å². The van der Waals surface area contributed by atoms with E-state index in [0.717, 1.165) is 32.1 Å². The number of rotatable bonds is 9. The quantitative estimate of drug-likeness (QED) is 0.649. The molecule has 2 aliphatic carbocycles. The first-order valence-electron chi connectivity index (χ1n) is 10.7. The Bertz CT molecular complexity index is 966. The van der Waals surface area contributed by atoms with Crippen LogP contribution in [-0.4, -0.2) is 46.7 Å². The molecule has 1 saturated heterocycles. The van der Waals surface area contributed by atoms with Crippen LogP contribution in [-0.2, 0) is 0 Å². The van der Waals surface area contributed by atoms with Crippen molar-refractivity contribution in [2.45, 2.75) is 51.0 Å². The molecular formula is C21H25F2N5O3. The molecule has 5 rings (SSSR count). The van der Waals surface area contributed by atoms with Gasteiger partial charge in [0.05, 0.1) is 25.7 Å². The molecule has 10 heteroatoms. The number of nitrogens with zero attached hydrogens (tertiary/aromatic N) is 4. The fourth-order valence-electron chi connectivity index (χ4n) is 3.67. The number of halogens is 2. The molecule has 2 aromatic heterocycles. The maximum atomic E-state index is 13.4. The zero-order chi connectivity index (χ0) is 21.6. The van der Waals surface area contributed by atoms with Crippen molar-refractivity contribution in [3.63, 3.8) is 0 Å². The highest BCUT2D eigenvalue weighted by atomic mass is 19.3. The molecule has 8 nitrogen and oxygen atoms in total. The van der Waals surface area contributed by atoms with E-state index < -0.39 is 5.92 Å². The molecule has 0 bridgehead atoms. The lowest BCUT2D eigenvalue weighted by Gasteiger charge is -2.40. The Morgan fingerprint density at radius 1 is 1.26 bits per heavy atom. The Labute approximate surface area is 178 Å². The molecule has 166 valence electrons. The summed E-state index contributed by atoms with van der Waals surface area (Å²) in [6.45, 7) is 1.43. The summed E-state index contributed by atoms with van der Waals surface area (Å²) in [7, 11) is 0. The summed E-state index contributed by atoms with van der Waals surface area (Å²) >= 11 is 0. The average Bonchev–Trinajstić information content (AvgIpc) is 3.64. The number of anilines is 1. The van der Waals surface area contributed by atoms with Crippen LogP contribution >= 0.6 is 0 Å². The van der Waals surface area contributed by atoms with E-state index in [-0.39, 0.29) is 36.6 Å². The fraction of sp³-hybridized carbons (Fsp3) is 0.619. The van der Waals surface area contributed by atoms with Crippen LogP contribution in [0.5, 0.6) is 5.88 Å². The lowest BCUT2D eigenvalue weighted by atomic mass is 10.1. The van der Waals surface area contributed by atoms with Gasteiger partial charge in [-0.15, -0.1) is 0 Å². The maximum absolute atomic E-state index is 13.4. The summed E-state index contributed by atoms with van der Waals surface area (Å²) in [6, 6.07) is 2.80. The second kappa shape index (κ2) is 7.72. The van der Waals surface area contributed by atoms with Crippen molar-refractivity contribution in [1.29, 1.82) is 0 Å². The smallest absolute Gasteiger partial charge is 0.282 e. The van der Waals surface area contributed by atoms with Crippen LogP contribution in [0.1, 0.15) is 60.3 Å². The van der Waals surface area contributed by atoms with Crippen molar-refractivity contribution < 1.29 is 22.8 Å². The highest BCUT2D eigenvalue weighted by molar-refractivity contribution is 5.93. The molecule has 0 radical (unpaired) electrons. The SMILES string of the molecule is Cc1nc([C@H](CC2CC2)NC(=O)c2ccc(N3CC(F)(F)C3)c(OCC3CC3)n2)no1. The molecule has 0 unspecified atom stereocenters. The molecule has 1 N–H and O–H groups in total. The van der Waals surface area contributed by atoms with Crippen LogP contribution < -0.4 is 15.0 Å². The molecular weight excluding hydrogens is 408 g/mol. The van der Waals surface area contributed by atoms with Crippen LogP contribution in [0, 0.1) is 18.8 Å². The molecule has 3 heterocycles. The van der Waals surface area contributed by atoms with E-state index in [2.05, 4.69) is 20.4 Å². The number of alkyl halides is 2. The topological polar surface area (TPSA) is 93.4 Å². The van der Waals surface area contributed by atoms with E-state index in [4.69, 9.17) is 9.26 Å². The zero-order valence-corrected chi connectivity index (χ0v) is 17.3. The number of aromatic nitrogens is 3. The number of carbonyl (C=O) groups excluding carboxylic acids is 1. The molecule has 1 atom stereocenters. The van der Waals surface area contributed by atoms with E-state index in [1.807, 2.05) is 0 Å². The second-order valence-electron chi connectivity index (χ2n) is 8.86. The van der Waals surface area contributed by atoms with Gasteiger partial charge in [-0.1, -0.05) is 18.0 Å². The lowest BCUT2D eigenvalue weighted by Crippen LogP contribution is -2.56. The average molecular weight is 433 g/mol. The summed E-state index contributed by atoms with van der Waals surface area (Å²) in [4.78, 5) is 23.1. The summed E-state index contributed by atoms with van der Waals surface area (Å²) < 4.78 is 37.6. The van der Waals surface area contributed by atoms with E-state index in [1.165, 1.54) is 4.90 Å². The molecule has 2 aromatic rings. The Kier molecular flexibility index (Phi) is 5.02. The number of ether oxygens (including phenoxy) is 1. The van der Waals surface area contributed by atoms with Gasteiger partial charge in [-0.25, -0.2) is 13.8 Å². The van der Waals surface area contributed by atoms with E-state index in [0.29, 0.717) is 35.8 Å². The van der Waals surface area contributed by atoms with Gasteiger partial charge in [0.25, 0.3) is 11.8 Å². The van der Waals surface area contributed by atoms with E-state index >= 15 is 0 Å². The second-order valence-corrected chi connectivity index (χ2v) is 8.86. The predicted octanol–water partition coefficient (Wildman–Crippen LogP) is 3.29. The van der Waals surface area contributed by atoms with Crippen LogP contribution in [0.3, 0.4) is 0 Å². The van der Waals surface area contributed by atoms with Crippen molar-refractivity contribution in [2.24, 2.45) is 11.8 Å². The van der Waals surface area contributed by atoms with Crippen molar-refractivity contribution in [3.8, 4) is 5.88 Å². The number of pyridine rings is 1. The van der Waals surface area contributed by atoms with Gasteiger partial charge in [0.15, 0.2) is 5.82 Å². The molecule has 1 amide bonds. The van der Waals surface area contributed by atoms with Gasteiger partial charge in [0.2, 0.25) is 11.8 Å². The molecule has 3 fully saturated rings. The standard InChI is InChI=1S/C21H25F2N5O3/c1-12-24-18(27-31-12)16(8-13-2-3-13)25-19(29)15-6-7-17(28-10-21(22,23)11-28)20(26-15)30-9-14-4-5-14/h6-7,13-14,16H,2-5,8-11H2,1H3,(H,25,29)/t16-/m0/s1. The van der Waals surface area contributed by atoms with Crippen LogP contribution in [0.15, 0.2) is 16.7 Å². The van der Waals surface area contributed by atoms with Gasteiger partial charge in [-0.3, -0.25) is 4.79 Å². The minimum Gasteiger partial charge on any atom is -0.476 e. The Balaban J connectivity index is 1.33. The number of hydrogen-bond acceptors (Lipinski definition) is 7. The van der Waals surface area contributed by atoms with Gasteiger partial charge >= 0.3 is 0 Å². The van der Waals surface area contributed by atoms with Crippen molar-refractivity contribution >= 4 is 11.6 Å². The number of carbonyl (C=O) groups is 1. The third-order valence-electron chi connectivity index (χ3n) is 5.84. The van der Waals surface area contributed by atoms with Crippen LogP contribution in [0.25, 0.3) is 0 Å². The summed E-state index contributed by atoms with van der Waals surface area (Å²) in [5, 5.41) is 6.92. The minimum absolute atomic E-state index is 0.169. The first-order valence-corrected chi connectivity index (χ1v) is 10.7. The Hall–Kier alpha value is -2.78. The molecule has 3 aliphatic rings. The van der Waals surface area contributed by atoms with E-state index in [1.54, 1.807) is 19.1 Å². The minimum atomic E-state index is -2.71. The number of hydrogen-bond donors (Lipinski definition) is 1. The number of amides is 1. The molecule has 0 spiro atoms. The van der Waals surface area contributed by atoms with Gasteiger partial charge in [0, 0.05) is 6.92 Å². The molecule has 0 aromatic carbocycles. The lowest BCUT2D eigenvalue weighted by molar-refractivity contribution is -0.0265. The van der Waals surface area contributed by atoms with Gasteiger partial charge < -0.3 is 19.5 Å². The fourth-order valence-corrected chi connectivity index (χ4v) is 3.67. The normalized spacial score (nSPS) is 20.8. The van der Waals surface area contributed by atoms with Crippen LogP contribution in [0.4, 0.5) is 14.5 Å². The zero-order valence-electron chi connectivity index (χ0n) is 17.3. The van der Waals surface area contributed by atoms with Gasteiger partial charge in [0.1, 0.15) is 11.4 Å². The highest BCUT2D eigenvalue weighted by Crippen LogP contribution is 2.39. The summed E-state index contributed by atoms with van der Waals surface area (Å²) in [6.07, 6.45) is 5.15. The summed E-state index contributed by atoms with van der Waals surface area (Å²) in [5.74, 6) is -0.979. The highest BCUT2D eigenvalue weighted by Gasteiger charge is 2.45. The van der Waals surface area contributed by atoms with Crippen molar-refractivity contribution in [1.82, 2.24) is 20.4 Å².